The van der Waals surface area contributed by atoms with Crippen molar-refractivity contribution in [3.05, 3.63) is 35.9 Å². The van der Waals surface area contributed by atoms with Crippen LogP contribution in [0.25, 0.3) is 0 Å². The number of halogens is 1. The fourth-order valence-corrected chi connectivity index (χ4v) is 3.04. The largest absolute Gasteiger partial charge is 0.396 e. The van der Waals surface area contributed by atoms with Crippen molar-refractivity contribution in [2.45, 2.75) is 44.1 Å². The molecule has 0 saturated carbocycles. The molecular weight excluding hydrogens is 299 g/mol. The molecule has 5 nitrogen and oxygen atoms in total. The number of piperidine rings is 1. The zero-order chi connectivity index (χ0) is 16.8. The third-order valence-corrected chi connectivity index (χ3v) is 4.40. The Kier molecular flexibility index (Phi) is 6.50. The van der Waals surface area contributed by atoms with Crippen LogP contribution >= 0.6 is 0 Å². The Morgan fingerprint density at radius 1 is 1.43 bits per heavy atom. The van der Waals surface area contributed by atoms with Crippen molar-refractivity contribution in [2.24, 2.45) is 5.92 Å². The smallest absolute Gasteiger partial charge is 0.220 e. The van der Waals surface area contributed by atoms with E-state index >= 15 is 0 Å². The first kappa shape index (κ1) is 17.8. The van der Waals surface area contributed by atoms with Gasteiger partial charge in [0.05, 0.1) is 6.04 Å². The monoisotopic (exact) mass is 324 g/mol. The topological polar surface area (TPSA) is 81.6 Å². The maximum absolute atomic E-state index is 14.4. The molecule has 0 aromatic heterocycles. The van der Waals surface area contributed by atoms with E-state index in [-0.39, 0.29) is 31.4 Å². The second-order valence-electron chi connectivity index (χ2n) is 6.03. The van der Waals surface area contributed by atoms with Crippen LogP contribution in [0.15, 0.2) is 30.3 Å². The van der Waals surface area contributed by atoms with E-state index in [1.54, 1.807) is 6.92 Å². The van der Waals surface area contributed by atoms with Gasteiger partial charge in [0.25, 0.3) is 0 Å². The number of aliphatic hydroxyl groups excluding tert-OH is 2. The van der Waals surface area contributed by atoms with Crippen LogP contribution in [-0.4, -0.2) is 53.6 Å². The molecule has 4 N–H and O–H groups in total. The molecule has 1 heterocycles. The first-order valence-corrected chi connectivity index (χ1v) is 8.06. The average molecular weight is 324 g/mol. The molecular formula is C17H25FN2O3. The van der Waals surface area contributed by atoms with Gasteiger partial charge < -0.3 is 20.8 Å². The highest BCUT2D eigenvalue weighted by Crippen LogP contribution is 2.22. The number of aliphatic hydroxyl groups is 2. The predicted octanol–water partition coefficient (Wildman–Crippen LogP) is 0.403. The number of rotatable bonds is 6. The zero-order valence-corrected chi connectivity index (χ0v) is 13.3. The summed E-state index contributed by atoms with van der Waals surface area (Å²) in [7, 11) is 0. The first-order valence-electron chi connectivity index (χ1n) is 8.06. The lowest BCUT2D eigenvalue weighted by Crippen LogP contribution is -2.65. The van der Waals surface area contributed by atoms with Gasteiger partial charge in [-0.1, -0.05) is 37.3 Å². The molecule has 1 amide bonds. The van der Waals surface area contributed by atoms with Gasteiger partial charge in [-0.25, -0.2) is 4.39 Å². The van der Waals surface area contributed by atoms with E-state index < -0.39 is 24.4 Å². The Bertz CT molecular complexity index is 500. The van der Waals surface area contributed by atoms with Gasteiger partial charge in [-0.05, 0) is 12.0 Å². The van der Waals surface area contributed by atoms with E-state index in [9.17, 15) is 19.4 Å². The van der Waals surface area contributed by atoms with Crippen molar-refractivity contribution in [1.82, 2.24) is 10.6 Å². The van der Waals surface area contributed by atoms with E-state index in [0.717, 1.165) is 5.56 Å². The van der Waals surface area contributed by atoms with E-state index in [1.165, 1.54) is 0 Å². The van der Waals surface area contributed by atoms with Crippen LogP contribution in [0.5, 0.6) is 0 Å². The maximum atomic E-state index is 14.4. The predicted molar refractivity (Wildman–Crippen MR) is 85.6 cm³/mol. The molecule has 1 unspecified atom stereocenters. The molecule has 128 valence electrons. The van der Waals surface area contributed by atoms with Crippen molar-refractivity contribution in [2.75, 3.05) is 13.2 Å². The summed E-state index contributed by atoms with van der Waals surface area (Å²) in [5.41, 5.74) is 1.03. The minimum absolute atomic E-state index is 0.150. The number of alkyl halides is 1. The maximum Gasteiger partial charge on any atom is 0.220 e. The summed E-state index contributed by atoms with van der Waals surface area (Å²) in [5, 5.41) is 25.6. The number of benzene rings is 1. The van der Waals surface area contributed by atoms with Crippen LogP contribution in [0.1, 0.15) is 18.9 Å². The van der Waals surface area contributed by atoms with Crippen LogP contribution in [0.4, 0.5) is 4.39 Å². The second-order valence-corrected chi connectivity index (χ2v) is 6.03. The Morgan fingerprint density at radius 2 is 2.13 bits per heavy atom. The normalized spacial score (nSPS) is 29.0. The van der Waals surface area contributed by atoms with Gasteiger partial charge in [-0.2, -0.15) is 0 Å². The van der Waals surface area contributed by atoms with Crippen molar-refractivity contribution in [1.29, 1.82) is 0 Å². The number of hydrogen-bond acceptors (Lipinski definition) is 4. The molecule has 1 aromatic carbocycles. The lowest BCUT2D eigenvalue weighted by molar-refractivity contribution is -0.123. The van der Waals surface area contributed by atoms with Crippen molar-refractivity contribution >= 4 is 5.91 Å². The minimum atomic E-state index is -1.55. The number of hydrogen-bond donors (Lipinski definition) is 4. The highest BCUT2D eigenvalue weighted by molar-refractivity contribution is 5.76. The molecule has 2 rings (SSSR count). The quantitative estimate of drug-likeness (QED) is 0.611. The van der Waals surface area contributed by atoms with Gasteiger partial charge in [0.15, 0.2) is 0 Å². The molecule has 6 heteroatoms. The van der Waals surface area contributed by atoms with Crippen LogP contribution in [-0.2, 0) is 11.2 Å². The van der Waals surface area contributed by atoms with E-state index in [1.807, 2.05) is 30.3 Å². The van der Waals surface area contributed by atoms with Gasteiger partial charge in [0.1, 0.15) is 12.3 Å². The van der Waals surface area contributed by atoms with E-state index in [2.05, 4.69) is 10.6 Å². The summed E-state index contributed by atoms with van der Waals surface area (Å²) in [6, 6.07) is 8.30. The van der Waals surface area contributed by atoms with Crippen molar-refractivity contribution in [3.8, 4) is 0 Å². The highest BCUT2D eigenvalue weighted by atomic mass is 19.1. The van der Waals surface area contributed by atoms with Crippen LogP contribution in [0, 0.1) is 5.92 Å². The molecule has 0 bridgehead atoms. The Labute approximate surface area is 135 Å². The molecule has 5 atom stereocenters. The molecule has 1 aromatic rings. The van der Waals surface area contributed by atoms with Crippen LogP contribution in [0.3, 0.4) is 0 Å². The minimum Gasteiger partial charge on any atom is -0.396 e. The average Bonchev–Trinajstić information content (AvgIpc) is 2.58. The molecule has 1 aliphatic heterocycles. The van der Waals surface area contributed by atoms with Gasteiger partial charge in [0.2, 0.25) is 5.91 Å². The lowest BCUT2D eigenvalue weighted by Gasteiger charge is -2.40. The Balaban J connectivity index is 2.01. The molecule has 1 saturated heterocycles. The third kappa shape index (κ3) is 4.50. The SMILES string of the molecule is CCC(=O)N[C@H]1CN[C@H](C(CO)Cc2ccccc2)[C@@H](O)[C@@H]1F. The lowest BCUT2D eigenvalue weighted by atomic mass is 9.83. The Hall–Kier alpha value is -1.50. The first-order chi connectivity index (χ1) is 11.1. The Morgan fingerprint density at radius 3 is 2.74 bits per heavy atom. The van der Waals surface area contributed by atoms with Crippen LogP contribution in [0.2, 0.25) is 0 Å². The summed E-state index contributed by atoms with van der Waals surface area (Å²) in [6.45, 7) is 1.78. The number of carbonyl (C=O) groups is 1. The summed E-state index contributed by atoms with van der Waals surface area (Å²) in [4.78, 5) is 11.4. The van der Waals surface area contributed by atoms with E-state index in [4.69, 9.17) is 0 Å². The number of carbonyl (C=O) groups excluding carboxylic acids is 1. The summed E-state index contributed by atoms with van der Waals surface area (Å²) in [5.74, 6) is -0.540. The molecule has 0 aliphatic carbocycles. The summed E-state index contributed by atoms with van der Waals surface area (Å²) in [6.07, 6.45) is -2.01. The number of amides is 1. The molecule has 23 heavy (non-hydrogen) atoms. The zero-order valence-electron chi connectivity index (χ0n) is 13.3. The summed E-state index contributed by atoms with van der Waals surface area (Å²) >= 11 is 0. The van der Waals surface area contributed by atoms with Crippen LogP contribution < -0.4 is 10.6 Å². The van der Waals surface area contributed by atoms with Gasteiger partial charge in [0, 0.05) is 31.5 Å². The molecule has 0 spiro atoms. The highest BCUT2D eigenvalue weighted by Gasteiger charge is 2.42. The second kappa shape index (κ2) is 8.38. The van der Waals surface area contributed by atoms with Gasteiger partial charge >= 0.3 is 0 Å². The molecule has 1 fully saturated rings. The number of nitrogens with one attached hydrogen (secondary N) is 2. The van der Waals surface area contributed by atoms with Crippen molar-refractivity contribution in [3.63, 3.8) is 0 Å². The standard InChI is InChI=1S/C17H25FN2O3/c1-2-14(22)20-13-9-19-16(17(23)15(13)18)12(10-21)8-11-6-4-3-5-7-11/h3-7,12-13,15-17,19,21,23H,2,8-10H2,1H3,(H,20,22)/t12?,13-,15+,16+,17-/m0/s1. The molecule has 1 aliphatic rings. The fraction of sp³-hybridized carbons (Fsp3) is 0.588. The van der Waals surface area contributed by atoms with Crippen molar-refractivity contribution < 1.29 is 19.4 Å². The molecule has 0 radical (unpaired) electrons. The third-order valence-electron chi connectivity index (χ3n) is 4.40. The van der Waals surface area contributed by atoms with Gasteiger partial charge in [-0.3, -0.25) is 4.79 Å². The fourth-order valence-electron chi connectivity index (χ4n) is 3.04. The van der Waals surface area contributed by atoms with Gasteiger partial charge in [-0.15, -0.1) is 0 Å². The summed E-state index contributed by atoms with van der Waals surface area (Å²) < 4.78 is 14.4. The van der Waals surface area contributed by atoms with E-state index in [0.29, 0.717) is 6.42 Å².